The van der Waals surface area contributed by atoms with E-state index in [1.54, 1.807) is 18.2 Å². The lowest BCUT2D eigenvalue weighted by atomic mass is 10.1. The summed E-state index contributed by atoms with van der Waals surface area (Å²) in [4.78, 5) is 14.9. The van der Waals surface area contributed by atoms with Crippen molar-refractivity contribution in [3.63, 3.8) is 0 Å². The van der Waals surface area contributed by atoms with Gasteiger partial charge in [0.1, 0.15) is 0 Å². The predicted octanol–water partition coefficient (Wildman–Crippen LogP) is 4.70. The van der Waals surface area contributed by atoms with Gasteiger partial charge in [0.25, 0.3) is 0 Å². The summed E-state index contributed by atoms with van der Waals surface area (Å²) in [6, 6.07) is 10.8. The van der Waals surface area contributed by atoms with E-state index in [-0.39, 0.29) is 5.56 Å². The first-order valence-electron chi connectivity index (χ1n) is 6.91. The fourth-order valence-corrected chi connectivity index (χ4v) is 2.28. The van der Waals surface area contributed by atoms with Crippen molar-refractivity contribution in [3.05, 3.63) is 65.9 Å². The molecule has 0 aliphatic carbocycles. The summed E-state index contributed by atoms with van der Waals surface area (Å²) in [7, 11) is 0. The fraction of sp³-hybridized carbons (Fsp3) is 0.0588. The molecule has 0 atom stereocenters. The highest BCUT2D eigenvalue weighted by Gasteiger charge is 2.30. The molecule has 0 aliphatic rings. The molecule has 24 heavy (non-hydrogen) atoms. The lowest BCUT2D eigenvalue weighted by molar-refractivity contribution is -0.137. The highest BCUT2D eigenvalue weighted by atomic mass is 19.4. The number of pyridine rings is 1. The summed E-state index contributed by atoms with van der Waals surface area (Å²) in [5.41, 5.74) is 0.806. The summed E-state index contributed by atoms with van der Waals surface area (Å²) in [5, 5.41) is 12.2. The van der Waals surface area contributed by atoms with E-state index >= 15 is 0 Å². The molecule has 2 aromatic carbocycles. The van der Waals surface area contributed by atoms with E-state index in [2.05, 4.69) is 10.3 Å². The normalized spacial score (nSPS) is 11.5. The number of aromatic nitrogens is 1. The number of hydrogen-bond acceptors (Lipinski definition) is 3. The number of hydrogen-bond donors (Lipinski definition) is 2. The average Bonchev–Trinajstić information content (AvgIpc) is 2.54. The number of aromatic carboxylic acids is 1. The van der Waals surface area contributed by atoms with Crippen LogP contribution in [0.15, 0.2) is 54.7 Å². The SMILES string of the molecule is O=C(O)c1ccc(Nc2ccnc3ccc(C(F)(F)F)cc23)cc1. The Morgan fingerprint density at radius 2 is 1.75 bits per heavy atom. The minimum atomic E-state index is -4.44. The standard InChI is InChI=1S/C17H11F3N2O2/c18-17(19,20)11-3-6-14-13(9-11)15(7-8-21-14)22-12-4-1-10(2-5-12)16(23)24/h1-9H,(H,21,22)(H,23,24). The maximum absolute atomic E-state index is 12.9. The minimum absolute atomic E-state index is 0.125. The van der Waals surface area contributed by atoms with E-state index in [0.29, 0.717) is 22.3 Å². The number of halogens is 3. The molecule has 2 N–H and O–H groups in total. The fourth-order valence-electron chi connectivity index (χ4n) is 2.28. The molecule has 7 heteroatoms. The van der Waals surface area contributed by atoms with Gasteiger partial charge in [0.15, 0.2) is 0 Å². The molecule has 0 bridgehead atoms. The molecular formula is C17H11F3N2O2. The number of alkyl halides is 3. The summed E-state index contributed by atoms with van der Waals surface area (Å²) in [6.07, 6.45) is -2.95. The Morgan fingerprint density at radius 1 is 1.04 bits per heavy atom. The lowest BCUT2D eigenvalue weighted by Crippen LogP contribution is -2.05. The molecule has 0 aliphatic heterocycles. The van der Waals surface area contributed by atoms with Crippen LogP contribution >= 0.6 is 0 Å². The maximum atomic E-state index is 12.9. The van der Waals surface area contributed by atoms with Crippen molar-refractivity contribution in [2.45, 2.75) is 6.18 Å². The molecule has 0 saturated heterocycles. The van der Waals surface area contributed by atoms with Crippen molar-refractivity contribution < 1.29 is 23.1 Å². The van der Waals surface area contributed by atoms with E-state index in [0.717, 1.165) is 12.1 Å². The van der Waals surface area contributed by atoms with Crippen LogP contribution in [0.4, 0.5) is 24.5 Å². The summed E-state index contributed by atoms with van der Waals surface area (Å²) < 4.78 is 38.7. The number of fused-ring (bicyclic) bond motifs is 1. The Hall–Kier alpha value is -3.09. The lowest BCUT2D eigenvalue weighted by Gasteiger charge is -2.12. The highest BCUT2D eigenvalue weighted by molar-refractivity contribution is 5.93. The van der Waals surface area contributed by atoms with Gasteiger partial charge in [0.05, 0.1) is 16.6 Å². The molecule has 1 heterocycles. The van der Waals surface area contributed by atoms with Gasteiger partial charge < -0.3 is 10.4 Å². The van der Waals surface area contributed by atoms with E-state index in [4.69, 9.17) is 5.11 Å². The molecule has 3 aromatic rings. The Bertz CT molecular complexity index is 906. The number of nitrogens with zero attached hydrogens (tertiary/aromatic N) is 1. The minimum Gasteiger partial charge on any atom is -0.478 e. The van der Waals surface area contributed by atoms with Crippen LogP contribution < -0.4 is 5.32 Å². The quantitative estimate of drug-likeness (QED) is 0.730. The summed E-state index contributed by atoms with van der Waals surface area (Å²) in [6.45, 7) is 0. The van der Waals surface area contributed by atoms with Gasteiger partial charge >= 0.3 is 12.1 Å². The third-order valence-electron chi connectivity index (χ3n) is 3.48. The largest absolute Gasteiger partial charge is 0.478 e. The Morgan fingerprint density at radius 3 is 2.38 bits per heavy atom. The van der Waals surface area contributed by atoms with Crippen molar-refractivity contribution in [1.29, 1.82) is 0 Å². The monoisotopic (exact) mass is 332 g/mol. The Kier molecular flexibility index (Phi) is 3.84. The van der Waals surface area contributed by atoms with Crippen molar-refractivity contribution >= 4 is 28.2 Å². The molecule has 0 unspecified atom stereocenters. The van der Waals surface area contributed by atoms with Crippen LogP contribution in [-0.2, 0) is 6.18 Å². The van der Waals surface area contributed by atoms with Crippen molar-refractivity contribution in [2.75, 3.05) is 5.32 Å². The van der Waals surface area contributed by atoms with Crippen LogP contribution in [0.5, 0.6) is 0 Å². The number of carbonyl (C=O) groups is 1. The van der Waals surface area contributed by atoms with Crippen molar-refractivity contribution in [3.8, 4) is 0 Å². The molecular weight excluding hydrogens is 321 g/mol. The molecule has 0 saturated carbocycles. The molecule has 4 nitrogen and oxygen atoms in total. The van der Waals surface area contributed by atoms with Gasteiger partial charge in [-0.15, -0.1) is 0 Å². The van der Waals surface area contributed by atoms with E-state index in [9.17, 15) is 18.0 Å². The molecule has 0 fully saturated rings. The first-order valence-corrected chi connectivity index (χ1v) is 6.91. The van der Waals surface area contributed by atoms with E-state index in [1.165, 1.54) is 24.4 Å². The smallest absolute Gasteiger partial charge is 0.416 e. The van der Waals surface area contributed by atoms with Gasteiger partial charge in [-0.3, -0.25) is 4.98 Å². The molecule has 0 spiro atoms. The van der Waals surface area contributed by atoms with Crippen molar-refractivity contribution in [2.24, 2.45) is 0 Å². The Labute approximate surface area is 134 Å². The van der Waals surface area contributed by atoms with Gasteiger partial charge in [-0.05, 0) is 48.5 Å². The van der Waals surface area contributed by atoms with Crippen LogP contribution in [0.2, 0.25) is 0 Å². The zero-order valence-corrected chi connectivity index (χ0v) is 12.1. The van der Waals surface area contributed by atoms with Crippen LogP contribution in [0.1, 0.15) is 15.9 Å². The summed E-state index contributed by atoms with van der Waals surface area (Å²) >= 11 is 0. The zero-order chi connectivity index (χ0) is 17.3. The molecule has 1 aromatic heterocycles. The van der Waals surface area contributed by atoms with Gasteiger partial charge in [-0.1, -0.05) is 0 Å². The first-order chi connectivity index (χ1) is 11.3. The zero-order valence-electron chi connectivity index (χ0n) is 12.1. The van der Waals surface area contributed by atoms with Crippen LogP contribution in [-0.4, -0.2) is 16.1 Å². The van der Waals surface area contributed by atoms with E-state index < -0.39 is 17.7 Å². The molecule has 3 rings (SSSR count). The van der Waals surface area contributed by atoms with Crippen LogP contribution in [0, 0.1) is 0 Å². The van der Waals surface area contributed by atoms with Crippen LogP contribution in [0.25, 0.3) is 10.9 Å². The number of benzene rings is 2. The van der Waals surface area contributed by atoms with Crippen molar-refractivity contribution in [1.82, 2.24) is 4.98 Å². The second-order valence-electron chi connectivity index (χ2n) is 5.10. The summed E-state index contributed by atoms with van der Waals surface area (Å²) in [5.74, 6) is -1.05. The third-order valence-corrected chi connectivity index (χ3v) is 3.48. The van der Waals surface area contributed by atoms with E-state index in [1.807, 2.05) is 0 Å². The number of anilines is 2. The molecule has 122 valence electrons. The van der Waals surface area contributed by atoms with Gasteiger partial charge in [0.2, 0.25) is 0 Å². The predicted molar refractivity (Wildman–Crippen MR) is 83.4 cm³/mol. The number of nitrogens with one attached hydrogen (secondary N) is 1. The second kappa shape index (κ2) is 5.84. The van der Waals surface area contributed by atoms with Crippen LogP contribution in [0.3, 0.4) is 0 Å². The maximum Gasteiger partial charge on any atom is 0.416 e. The number of carboxylic acid groups (broad SMARTS) is 1. The average molecular weight is 332 g/mol. The topological polar surface area (TPSA) is 62.2 Å². The number of carboxylic acids is 1. The first kappa shape index (κ1) is 15.8. The molecule has 0 amide bonds. The van der Waals surface area contributed by atoms with Gasteiger partial charge in [0, 0.05) is 23.0 Å². The van der Waals surface area contributed by atoms with Gasteiger partial charge in [-0.25, -0.2) is 4.79 Å². The third kappa shape index (κ3) is 3.15. The molecule has 0 radical (unpaired) electrons. The van der Waals surface area contributed by atoms with Gasteiger partial charge in [-0.2, -0.15) is 13.2 Å². The Balaban J connectivity index is 2.00. The number of rotatable bonds is 3. The highest BCUT2D eigenvalue weighted by Crippen LogP contribution is 2.33. The second-order valence-corrected chi connectivity index (χ2v) is 5.10.